The van der Waals surface area contributed by atoms with Gasteiger partial charge in [0.05, 0.1) is 11.4 Å². The molecule has 0 saturated carbocycles. The summed E-state index contributed by atoms with van der Waals surface area (Å²) in [6, 6.07) is 12.1. The molecule has 0 atom stereocenters. The zero-order valence-corrected chi connectivity index (χ0v) is 19.8. The van der Waals surface area contributed by atoms with E-state index in [1.54, 1.807) is 0 Å². The fourth-order valence-electron chi connectivity index (χ4n) is 4.24. The van der Waals surface area contributed by atoms with Crippen molar-refractivity contribution >= 4 is 15.9 Å². The molecule has 10 heteroatoms. The van der Waals surface area contributed by atoms with Gasteiger partial charge in [-0.15, -0.1) is 0 Å². The minimum Gasteiger partial charge on any atom is -0.352 e. The van der Waals surface area contributed by atoms with Gasteiger partial charge in [0.2, 0.25) is 15.9 Å². The molecule has 3 aromatic rings. The van der Waals surface area contributed by atoms with E-state index in [-0.39, 0.29) is 24.9 Å². The van der Waals surface area contributed by atoms with Gasteiger partial charge in [0.15, 0.2) is 0 Å². The Labute approximate surface area is 197 Å². The fraction of sp³-hybridized carbons (Fsp3) is 0.333. The van der Waals surface area contributed by atoms with Crippen molar-refractivity contribution in [2.75, 3.05) is 13.1 Å². The Hall–Kier alpha value is -3.11. The maximum absolute atomic E-state index is 14.0. The summed E-state index contributed by atoms with van der Waals surface area (Å²) in [4.78, 5) is 12.1. The van der Waals surface area contributed by atoms with E-state index in [0.717, 1.165) is 39.1 Å². The highest BCUT2D eigenvalue weighted by Gasteiger charge is 2.34. The Morgan fingerprint density at radius 3 is 2.44 bits per heavy atom. The summed E-state index contributed by atoms with van der Waals surface area (Å²) in [5, 5.41) is 7.53. The Balaban J connectivity index is 1.38. The summed E-state index contributed by atoms with van der Waals surface area (Å²) >= 11 is 0. The SMILES string of the molecule is Cc1nn(-c2ccccc2)c(C)c1CNC(=O)C1CCN(S(=O)(=O)c2cc(F)ccc2F)CC1. The summed E-state index contributed by atoms with van der Waals surface area (Å²) < 4.78 is 55.9. The van der Waals surface area contributed by atoms with Crippen LogP contribution in [0.2, 0.25) is 0 Å². The van der Waals surface area contributed by atoms with E-state index in [1.165, 1.54) is 0 Å². The molecular weight excluding hydrogens is 462 g/mol. The zero-order chi connectivity index (χ0) is 24.5. The Kier molecular flexibility index (Phi) is 6.81. The van der Waals surface area contributed by atoms with Crippen LogP contribution in [0.3, 0.4) is 0 Å². The second kappa shape index (κ2) is 9.63. The van der Waals surface area contributed by atoms with E-state index in [2.05, 4.69) is 10.4 Å². The number of aromatic nitrogens is 2. The number of para-hydroxylation sites is 1. The third-order valence-corrected chi connectivity index (χ3v) is 8.13. The van der Waals surface area contributed by atoms with Gasteiger partial charge in [-0.05, 0) is 57.0 Å². The number of benzene rings is 2. The maximum atomic E-state index is 14.0. The van der Waals surface area contributed by atoms with Gasteiger partial charge >= 0.3 is 0 Å². The summed E-state index contributed by atoms with van der Waals surface area (Å²) in [7, 11) is -4.18. The Bertz CT molecular complexity index is 1300. The molecule has 0 aliphatic carbocycles. The van der Waals surface area contributed by atoms with Crippen LogP contribution in [0.15, 0.2) is 53.4 Å². The zero-order valence-electron chi connectivity index (χ0n) is 19.0. The standard InChI is InChI=1S/C24H26F2N4O3S/c1-16-21(17(2)30(28-16)20-6-4-3-5-7-20)15-27-24(31)18-10-12-29(13-11-18)34(32,33)23-14-19(25)8-9-22(23)26/h3-9,14,18H,10-13,15H2,1-2H3,(H,27,31). The lowest BCUT2D eigenvalue weighted by Crippen LogP contribution is -2.43. The number of nitrogens with zero attached hydrogens (tertiary/aromatic N) is 3. The largest absolute Gasteiger partial charge is 0.352 e. The van der Waals surface area contributed by atoms with Crippen molar-refractivity contribution in [3.63, 3.8) is 0 Å². The minimum atomic E-state index is -4.18. The highest BCUT2D eigenvalue weighted by atomic mass is 32.2. The van der Waals surface area contributed by atoms with Gasteiger partial charge in [-0.1, -0.05) is 18.2 Å². The number of sulfonamides is 1. The number of rotatable bonds is 6. The second-order valence-corrected chi connectivity index (χ2v) is 10.3. The topological polar surface area (TPSA) is 84.3 Å². The predicted molar refractivity (Wildman–Crippen MR) is 123 cm³/mol. The van der Waals surface area contributed by atoms with Crippen molar-refractivity contribution in [3.8, 4) is 5.69 Å². The van der Waals surface area contributed by atoms with Crippen molar-refractivity contribution in [2.45, 2.75) is 38.1 Å². The average molecular weight is 489 g/mol. The number of amides is 1. The molecule has 1 N–H and O–H groups in total. The normalized spacial score (nSPS) is 15.4. The number of aryl methyl sites for hydroxylation is 1. The lowest BCUT2D eigenvalue weighted by atomic mass is 9.97. The number of nitrogens with one attached hydrogen (secondary N) is 1. The third kappa shape index (κ3) is 4.74. The minimum absolute atomic E-state index is 0.0559. The summed E-state index contributed by atoms with van der Waals surface area (Å²) in [5.74, 6) is -2.35. The van der Waals surface area contributed by atoms with E-state index in [9.17, 15) is 22.0 Å². The van der Waals surface area contributed by atoms with Crippen molar-refractivity contribution < 1.29 is 22.0 Å². The third-order valence-electron chi connectivity index (χ3n) is 6.22. The van der Waals surface area contributed by atoms with Gasteiger partial charge in [0, 0.05) is 36.8 Å². The van der Waals surface area contributed by atoms with Gasteiger partial charge < -0.3 is 5.32 Å². The van der Waals surface area contributed by atoms with Crippen LogP contribution in [-0.4, -0.2) is 41.5 Å². The van der Waals surface area contributed by atoms with Gasteiger partial charge in [-0.25, -0.2) is 21.9 Å². The molecule has 1 aliphatic rings. The Morgan fingerprint density at radius 1 is 1.09 bits per heavy atom. The van der Waals surface area contributed by atoms with Crippen molar-refractivity contribution in [1.29, 1.82) is 0 Å². The summed E-state index contributed by atoms with van der Waals surface area (Å²) in [6.07, 6.45) is 0.590. The molecule has 7 nitrogen and oxygen atoms in total. The molecule has 1 amide bonds. The lowest BCUT2D eigenvalue weighted by Gasteiger charge is -2.30. The average Bonchev–Trinajstić information content (AvgIpc) is 3.12. The van der Waals surface area contributed by atoms with E-state index in [1.807, 2.05) is 48.9 Å². The van der Waals surface area contributed by atoms with E-state index >= 15 is 0 Å². The van der Waals surface area contributed by atoms with E-state index in [4.69, 9.17) is 0 Å². The molecule has 2 aromatic carbocycles. The maximum Gasteiger partial charge on any atom is 0.246 e. The molecule has 2 heterocycles. The van der Waals surface area contributed by atoms with Crippen molar-refractivity contribution in [1.82, 2.24) is 19.4 Å². The first kappa shape index (κ1) is 24.0. The number of carbonyl (C=O) groups is 1. The molecule has 1 fully saturated rings. The van der Waals surface area contributed by atoms with Crippen LogP contribution in [0.1, 0.15) is 29.8 Å². The van der Waals surface area contributed by atoms with Crippen LogP contribution >= 0.6 is 0 Å². The second-order valence-electron chi connectivity index (χ2n) is 8.37. The molecule has 0 radical (unpaired) electrons. The number of hydrogen-bond donors (Lipinski definition) is 1. The van der Waals surface area contributed by atoms with E-state index in [0.29, 0.717) is 25.5 Å². The van der Waals surface area contributed by atoms with Gasteiger partial charge in [0.25, 0.3) is 0 Å². The molecule has 0 unspecified atom stereocenters. The van der Waals surface area contributed by atoms with Crippen molar-refractivity contribution in [3.05, 3.63) is 77.1 Å². The molecule has 4 rings (SSSR count). The number of halogens is 2. The molecule has 180 valence electrons. The highest BCUT2D eigenvalue weighted by molar-refractivity contribution is 7.89. The lowest BCUT2D eigenvalue weighted by molar-refractivity contribution is -0.126. The predicted octanol–water partition coefficient (Wildman–Crippen LogP) is 3.48. The summed E-state index contributed by atoms with van der Waals surface area (Å²) in [6.45, 7) is 4.27. The first-order valence-corrected chi connectivity index (χ1v) is 12.5. The van der Waals surface area contributed by atoms with E-state index < -0.39 is 26.6 Å². The first-order chi connectivity index (χ1) is 16.2. The van der Waals surface area contributed by atoms with Gasteiger partial charge in [-0.3, -0.25) is 4.79 Å². The number of hydrogen-bond acceptors (Lipinski definition) is 4. The molecule has 0 spiro atoms. The molecule has 1 aliphatic heterocycles. The van der Waals surface area contributed by atoms with Crippen LogP contribution in [-0.2, 0) is 21.4 Å². The fourth-order valence-corrected chi connectivity index (χ4v) is 5.79. The van der Waals surface area contributed by atoms with Crippen LogP contribution in [0, 0.1) is 31.4 Å². The highest BCUT2D eigenvalue weighted by Crippen LogP contribution is 2.26. The van der Waals surface area contributed by atoms with Crippen LogP contribution in [0.25, 0.3) is 5.69 Å². The van der Waals surface area contributed by atoms with Gasteiger partial charge in [-0.2, -0.15) is 9.40 Å². The smallest absolute Gasteiger partial charge is 0.246 e. The molecule has 1 aromatic heterocycles. The summed E-state index contributed by atoms with van der Waals surface area (Å²) in [5.41, 5.74) is 3.62. The monoisotopic (exact) mass is 488 g/mol. The van der Waals surface area contributed by atoms with Gasteiger partial charge in [0.1, 0.15) is 16.5 Å². The molecule has 0 bridgehead atoms. The van der Waals surface area contributed by atoms with Crippen LogP contribution in [0.5, 0.6) is 0 Å². The van der Waals surface area contributed by atoms with Crippen LogP contribution < -0.4 is 5.32 Å². The number of carbonyl (C=O) groups excluding carboxylic acids is 1. The number of piperidine rings is 1. The van der Waals surface area contributed by atoms with Crippen LogP contribution in [0.4, 0.5) is 8.78 Å². The van der Waals surface area contributed by atoms with Crippen molar-refractivity contribution in [2.24, 2.45) is 5.92 Å². The molecule has 1 saturated heterocycles. The molecular formula is C24H26F2N4O3S. The quantitative estimate of drug-likeness (QED) is 0.576. The first-order valence-electron chi connectivity index (χ1n) is 11.0. The Morgan fingerprint density at radius 2 is 1.76 bits per heavy atom. The molecule has 34 heavy (non-hydrogen) atoms.